The van der Waals surface area contributed by atoms with Crippen LogP contribution in [0.15, 0.2) is 29.2 Å². The smallest absolute Gasteiger partial charge is 0.242 e. The molecule has 0 bridgehead atoms. The maximum Gasteiger partial charge on any atom is 0.242 e. The molecule has 108 valence electrons. The highest BCUT2D eigenvalue weighted by Gasteiger charge is 2.26. The summed E-state index contributed by atoms with van der Waals surface area (Å²) in [4.78, 5) is 1.35. The quantitative estimate of drug-likeness (QED) is 0.861. The maximum atomic E-state index is 12.5. The first-order chi connectivity index (χ1) is 9.62. The summed E-state index contributed by atoms with van der Waals surface area (Å²) in [7, 11) is -3.43. The molecule has 3 rings (SSSR count). The Morgan fingerprint density at radius 2 is 2.05 bits per heavy atom. The molecule has 6 heteroatoms. The van der Waals surface area contributed by atoms with Gasteiger partial charge in [-0.05, 0) is 18.9 Å². The molecule has 0 unspecified atom stereocenters. The fourth-order valence-corrected chi connectivity index (χ4v) is 5.20. The molecule has 1 aromatic heterocycles. The lowest BCUT2D eigenvalue weighted by Crippen LogP contribution is -2.25. The third-order valence-electron chi connectivity index (χ3n) is 3.35. The van der Waals surface area contributed by atoms with Gasteiger partial charge in [-0.25, -0.2) is 13.1 Å². The van der Waals surface area contributed by atoms with Gasteiger partial charge in [0, 0.05) is 34.1 Å². The fourth-order valence-electron chi connectivity index (χ4n) is 2.27. The van der Waals surface area contributed by atoms with E-state index in [0.717, 1.165) is 15.0 Å². The predicted octanol–water partition coefficient (Wildman–Crippen LogP) is 2.45. The van der Waals surface area contributed by atoms with E-state index < -0.39 is 10.0 Å². The lowest BCUT2D eigenvalue weighted by atomic mass is 10.2. The molecule has 1 aromatic carbocycles. The van der Waals surface area contributed by atoms with E-state index >= 15 is 0 Å². The third-order valence-corrected chi connectivity index (χ3v) is 6.32. The van der Waals surface area contributed by atoms with Gasteiger partial charge >= 0.3 is 0 Å². The van der Waals surface area contributed by atoms with Crippen LogP contribution < -0.4 is 10.0 Å². The number of hydrogen-bond acceptors (Lipinski definition) is 4. The normalized spacial score (nSPS) is 15.8. The number of benzene rings is 1. The van der Waals surface area contributed by atoms with Crippen LogP contribution in [0.3, 0.4) is 0 Å². The summed E-state index contributed by atoms with van der Waals surface area (Å²) in [5.41, 5.74) is 0. The third kappa shape index (κ3) is 2.74. The number of fused-ring (bicyclic) bond motifs is 1. The van der Waals surface area contributed by atoms with Gasteiger partial charge < -0.3 is 5.32 Å². The van der Waals surface area contributed by atoms with Crippen molar-refractivity contribution < 1.29 is 8.42 Å². The van der Waals surface area contributed by atoms with Crippen LogP contribution in [0.2, 0.25) is 0 Å². The van der Waals surface area contributed by atoms with Crippen molar-refractivity contribution in [3.63, 3.8) is 0 Å². The highest BCUT2D eigenvalue weighted by molar-refractivity contribution is 7.90. The van der Waals surface area contributed by atoms with Gasteiger partial charge in [-0.2, -0.15) is 0 Å². The Morgan fingerprint density at radius 1 is 1.30 bits per heavy atom. The van der Waals surface area contributed by atoms with Gasteiger partial charge in [-0.3, -0.25) is 0 Å². The van der Waals surface area contributed by atoms with Crippen molar-refractivity contribution in [3.05, 3.63) is 29.1 Å². The second kappa shape index (κ2) is 5.44. The van der Waals surface area contributed by atoms with E-state index in [9.17, 15) is 8.42 Å². The van der Waals surface area contributed by atoms with E-state index in [4.69, 9.17) is 0 Å². The monoisotopic (exact) mass is 310 g/mol. The van der Waals surface area contributed by atoms with Crippen LogP contribution in [-0.4, -0.2) is 21.0 Å². The Bertz CT molecular complexity index is 718. The number of rotatable bonds is 6. The number of hydrogen-bond donors (Lipinski definition) is 2. The Kier molecular flexibility index (Phi) is 3.81. The van der Waals surface area contributed by atoms with Crippen LogP contribution in [-0.2, 0) is 16.6 Å². The standard InChI is InChI=1S/C14H18N2O2S2/c1-2-16-20(17,18)14-11-5-3-4-6-12(11)19-13(14)9-15-10-7-8-10/h3-6,10,15-16H,2,7-9H2,1H3. The van der Waals surface area contributed by atoms with Crippen LogP contribution in [0, 0.1) is 0 Å². The Hall–Kier alpha value is -0.950. The average molecular weight is 310 g/mol. The average Bonchev–Trinajstić information content (AvgIpc) is 3.15. The largest absolute Gasteiger partial charge is 0.309 e. The lowest BCUT2D eigenvalue weighted by Gasteiger charge is -2.07. The van der Waals surface area contributed by atoms with Gasteiger partial charge in [-0.15, -0.1) is 11.3 Å². The number of thiophene rings is 1. The molecule has 4 nitrogen and oxygen atoms in total. The van der Waals surface area contributed by atoms with Crippen molar-refractivity contribution >= 4 is 31.4 Å². The Morgan fingerprint density at radius 3 is 2.75 bits per heavy atom. The summed E-state index contributed by atoms with van der Waals surface area (Å²) in [5, 5.41) is 4.23. The van der Waals surface area contributed by atoms with Gasteiger partial charge in [0.1, 0.15) is 4.90 Å². The molecule has 1 aliphatic rings. The van der Waals surface area contributed by atoms with Crippen LogP contribution in [0.4, 0.5) is 0 Å². The van der Waals surface area contributed by atoms with Gasteiger partial charge in [0.25, 0.3) is 0 Å². The second-order valence-electron chi connectivity index (χ2n) is 5.01. The predicted molar refractivity (Wildman–Crippen MR) is 82.5 cm³/mol. The SMILES string of the molecule is CCNS(=O)(=O)c1c(CNC2CC2)sc2ccccc12. The minimum atomic E-state index is -3.43. The van der Waals surface area contributed by atoms with Crippen molar-refractivity contribution in [2.75, 3.05) is 6.54 Å². The molecule has 1 saturated carbocycles. The zero-order valence-electron chi connectivity index (χ0n) is 11.3. The molecule has 0 saturated heterocycles. The van der Waals surface area contributed by atoms with E-state index in [0.29, 0.717) is 24.0 Å². The molecule has 0 aliphatic heterocycles. The zero-order valence-corrected chi connectivity index (χ0v) is 13.0. The summed E-state index contributed by atoms with van der Waals surface area (Å²) in [5.74, 6) is 0. The van der Waals surface area contributed by atoms with Crippen molar-refractivity contribution in [3.8, 4) is 0 Å². The minimum absolute atomic E-state index is 0.405. The first kappa shape index (κ1) is 14.0. The summed E-state index contributed by atoms with van der Waals surface area (Å²) in [6.07, 6.45) is 2.39. The second-order valence-corrected chi connectivity index (χ2v) is 7.85. The Balaban J connectivity index is 2.07. The molecular formula is C14H18N2O2S2. The van der Waals surface area contributed by atoms with E-state index in [1.54, 1.807) is 18.3 Å². The van der Waals surface area contributed by atoms with E-state index in [1.807, 2.05) is 24.3 Å². The van der Waals surface area contributed by atoms with Crippen molar-refractivity contribution in [2.24, 2.45) is 0 Å². The van der Waals surface area contributed by atoms with Crippen molar-refractivity contribution in [2.45, 2.75) is 37.2 Å². The van der Waals surface area contributed by atoms with Gasteiger partial charge in [-0.1, -0.05) is 25.1 Å². The summed E-state index contributed by atoms with van der Waals surface area (Å²) in [6, 6.07) is 8.26. The maximum absolute atomic E-state index is 12.5. The lowest BCUT2D eigenvalue weighted by molar-refractivity contribution is 0.582. The van der Waals surface area contributed by atoms with Gasteiger partial charge in [0.05, 0.1) is 0 Å². The van der Waals surface area contributed by atoms with Crippen LogP contribution in [0.5, 0.6) is 0 Å². The summed E-state index contributed by atoms with van der Waals surface area (Å²) in [6.45, 7) is 2.83. The highest BCUT2D eigenvalue weighted by atomic mass is 32.2. The van der Waals surface area contributed by atoms with Gasteiger partial charge in [0.2, 0.25) is 10.0 Å². The molecule has 0 atom stereocenters. The fraction of sp³-hybridized carbons (Fsp3) is 0.429. The first-order valence-corrected chi connectivity index (χ1v) is 9.15. The van der Waals surface area contributed by atoms with E-state index in [2.05, 4.69) is 10.0 Å². The highest BCUT2D eigenvalue weighted by Crippen LogP contribution is 2.35. The molecule has 0 radical (unpaired) electrons. The van der Waals surface area contributed by atoms with Crippen molar-refractivity contribution in [1.29, 1.82) is 0 Å². The molecule has 0 spiro atoms. The molecule has 2 aromatic rings. The molecule has 1 aliphatic carbocycles. The molecule has 1 fully saturated rings. The topological polar surface area (TPSA) is 58.2 Å². The molecule has 1 heterocycles. The van der Waals surface area contributed by atoms with E-state index in [1.165, 1.54) is 12.8 Å². The first-order valence-electron chi connectivity index (χ1n) is 6.85. The zero-order chi connectivity index (χ0) is 14.2. The number of sulfonamides is 1. The number of nitrogens with one attached hydrogen (secondary N) is 2. The van der Waals surface area contributed by atoms with Crippen molar-refractivity contribution in [1.82, 2.24) is 10.0 Å². The minimum Gasteiger partial charge on any atom is -0.309 e. The van der Waals surface area contributed by atoms with Crippen LogP contribution in [0.1, 0.15) is 24.6 Å². The van der Waals surface area contributed by atoms with Gasteiger partial charge in [0.15, 0.2) is 0 Å². The molecular weight excluding hydrogens is 292 g/mol. The molecule has 0 amide bonds. The molecule has 20 heavy (non-hydrogen) atoms. The van der Waals surface area contributed by atoms with E-state index in [-0.39, 0.29) is 0 Å². The summed E-state index contributed by atoms with van der Waals surface area (Å²) >= 11 is 1.56. The summed E-state index contributed by atoms with van der Waals surface area (Å²) < 4.78 is 28.5. The molecule has 2 N–H and O–H groups in total. The van der Waals surface area contributed by atoms with Crippen LogP contribution >= 0.6 is 11.3 Å². The Labute approximate surface area is 123 Å². The van der Waals surface area contributed by atoms with Crippen LogP contribution in [0.25, 0.3) is 10.1 Å².